The first-order valence-corrected chi connectivity index (χ1v) is 12.6. The third-order valence-corrected chi connectivity index (χ3v) is 6.84. The lowest BCUT2D eigenvalue weighted by Crippen LogP contribution is -2.23. The van der Waals surface area contributed by atoms with E-state index in [1.807, 2.05) is 65.4 Å². The maximum absolute atomic E-state index is 13.1. The van der Waals surface area contributed by atoms with E-state index in [9.17, 15) is 14.7 Å². The molecule has 1 heterocycles. The van der Waals surface area contributed by atoms with Crippen molar-refractivity contribution in [3.05, 3.63) is 125 Å². The number of carboxylic acids is 1. The van der Waals surface area contributed by atoms with E-state index in [2.05, 4.69) is 5.32 Å². The first-order valence-electron chi connectivity index (χ1n) is 12.6. The number of fused-ring (bicyclic) bond motifs is 1. The number of nitrogens with two attached hydrogens (primary N) is 1. The fourth-order valence-corrected chi connectivity index (χ4v) is 4.74. The van der Waals surface area contributed by atoms with Crippen LogP contribution in [0.25, 0.3) is 22.0 Å². The number of benzene rings is 4. The number of hydrogen-bond acceptors (Lipinski definition) is 4. The van der Waals surface area contributed by atoms with Crippen molar-refractivity contribution in [3.8, 4) is 16.9 Å². The summed E-state index contributed by atoms with van der Waals surface area (Å²) in [6, 6.07) is 27.4. The molecule has 0 aliphatic heterocycles. The third kappa shape index (κ3) is 5.42. The minimum atomic E-state index is -1.10. The van der Waals surface area contributed by atoms with Crippen LogP contribution >= 0.6 is 0 Å². The number of rotatable bonds is 9. The third-order valence-electron chi connectivity index (χ3n) is 6.84. The van der Waals surface area contributed by atoms with Crippen LogP contribution in [0.3, 0.4) is 0 Å². The van der Waals surface area contributed by atoms with E-state index in [0.717, 1.165) is 22.0 Å². The fraction of sp³-hybridized carbons (Fsp3) is 0.0938. The van der Waals surface area contributed by atoms with Gasteiger partial charge >= 0.3 is 5.97 Å². The van der Waals surface area contributed by atoms with Crippen molar-refractivity contribution in [2.75, 3.05) is 7.11 Å². The Balaban J connectivity index is 1.56. The number of nitrogens with zero attached hydrogens (tertiary/aromatic N) is 1. The van der Waals surface area contributed by atoms with E-state index in [4.69, 9.17) is 15.9 Å². The van der Waals surface area contributed by atoms with Gasteiger partial charge in [-0.1, -0.05) is 36.4 Å². The Morgan fingerprint density at radius 2 is 1.70 bits per heavy atom. The number of nitrogens with one attached hydrogen (secondary N) is 2. The van der Waals surface area contributed by atoms with Crippen molar-refractivity contribution in [1.29, 1.82) is 5.41 Å². The Hall–Kier alpha value is -5.37. The van der Waals surface area contributed by atoms with Crippen LogP contribution in [-0.4, -0.2) is 34.5 Å². The number of carbonyl (C=O) groups excluding carboxylic acids is 1. The fourth-order valence-electron chi connectivity index (χ4n) is 4.74. The minimum Gasteiger partial charge on any atom is -0.497 e. The van der Waals surface area contributed by atoms with E-state index in [1.165, 1.54) is 13.2 Å². The first kappa shape index (κ1) is 26.2. The number of hydrogen-bond donors (Lipinski definition) is 4. The van der Waals surface area contributed by atoms with Gasteiger partial charge in [0.05, 0.1) is 12.7 Å². The monoisotopic (exact) mass is 532 g/mol. The van der Waals surface area contributed by atoms with E-state index < -0.39 is 5.97 Å². The van der Waals surface area contributed by atoms with Crippen molar-refractivity contribution in [2.45, 2.75) is 13.1 Å². The van der Waals surface area contributed by atoms with Gasteiger partial charge in [0, 0.05) is 41.3 Å². The highest BCUT2D eigenvalue weighted by molar-refractivity contribution is 6.00. The molecule has 0 unspecified atom stereocenters. The van der Waals surface area contributed by atoms with Gasteiger partial charge in [-0.2, -0.15) is 0 Å². The molecule has 0 radical (unpaired) electrons. The van der Waals surface area contributed by atoms with Gasteiger partial charge in [0.2, 0.25) is 0 Å². The number of aromatic nitrogens is 1. The smallest absolute Gasteiger partial charge is 0.336 e. The van der Waals surface area contributed by atoms with Gasteiger partial charge in [-0.25, -0.2) is 4.79 Å². The SMILES string of the molecule is COc1ccc(-c2cc(C(=O)NCc3ccccc3)ccc2Cn2ccc3cc(C(=N)N)ccc32)c(C(=O)O)c1. The summed E-state index contributed by atoms with van der Waals surface area (Å²) in [7, 11) is 1.48. The van der Waals surface area contributed by atoms with Crippen LogP contribution in [0.15, 0.2) is 97.2 Å². The van der Waals surface area contributed by atoms with Crippen LogP contribution < -0.4 is 15.8 Å². The van der Waals surface area contributed by atoms with E-state index in [1.54, 1.807) is 30.3 Å². The Bertz CT molecular complexity index is 1740. The highest BCUT2D eigenvalue weighted by Crippen LogP contribution is 2.32. The summed E-state index contributed by atoms with van der Waals surface area (Å²) >= 11 is 0. The molecular weight excluding hydrogens is 504 g/mol. The molecule has 1 aromatic heterocycles. The molecule has 200 valence electrons. The summed E-state index contributed by atoms with van der Waals surface area (Å²) in [5.41, 5.74) is 10.7. The molecule has 0 saturated carbocycles. The van der Waals surface area contributed by atoms with Gasteiger partial charge in [0.15, 0.2) is 0 Å². The van der Waals surface area contributed by atoms with Gasteiger partial charge < -0.3 is 25.5 Å². The maximum atomic E-state index is 13.1. The number of aromatic carboxylic acids is 1. The Morgan fingerprint density at radius 3 is 2.42 bits per heavy atom. The van der Waals surface area contributed by atoms with Gasteiger partial charge in [-0.15, -0.1) is 0 Å². The molecule has 0 aliphatic carbocycles. The second-order valence-corrected chi connectivity index (χ2v) is 9.39. The van der Waals surface area contributed by atoms with Crippen LogP contribution in [0.4, 0.5) is 0 Å². The van der Waals surface area contributed by atoms with E-state index >= 15 is 0 Å². The van der Waals surface area contributed by atoms with Crippen molar-refractivity contribution < 1.29 is 19.4 Å². The number of amides is 1. The topological polar surface area (TPSA) is 130 Å². The Labute approximate surface area is 231 Å². The highest BCUT2D eigenvalue weighted by atomic mass is 16.5. The molecule has 0 saturated heterocycles. The quantitative estimate of drug-likeness (QED) is 0.152. The number of carbonyl (C=O) groups is 2. The number of carboxylic acid groups (broad SMARTS) is 1. The standard InChI is InChI=1S/C32H28N4O4/c1-40-25-10-11-26(28(17-25)32(38)39)27-16-23(31(37)35-18-20-5-3-2-4-6-20)7-8-24(27)19-36-14-13-21-15-22(30(33)34)9-12-29(21)36/h2-17H,18-19H2,1H3,(H3,33,34)(H,35,37)(H,38,39). The van der Waals surface area contributed by atoms with E-state index in [0.29, 0.717) is 41.1 Å². The molecule has 0 aliphatic rings. The first-order chi connectivity index (χ1) is 19.3. The molecule has 8 nitrogen and oxygen atoms in total. The molecule has 4 aromatic carbocycles. The number of amidine groups is 1. The lowest BCUT2D eigenvalue weighted by molar-refractivity contribution is 0.0697. The molecule has 40 heavy (non-hydrogen) atoms. The summed E-state index contributed by atoms with van der Waals surface area (Å²) in [6.45, 7) is 0.798. The second kappa shape index (κ2) is 11.2. The van der Waals surface area contributed by atoms with Crippen molar-refractivity contribution in [2.24, 2.45) is 5.73 Å². The molecule has 1 amide bonds. The van der Waals surface area contributed by atoms with Crippen molar-refractivity contribution in [3.63, 3.8) is 0 Å². The zero-order chi connectivity index (χ0) is 28.2. The molecule has 5 aromatic rings. The lowest BCUT2D eigenvalue weighted by atomic mass is 9.93. The zero-order valence-electron chi connectivity index (χ0n) is 21.8. The predicted molar refractivity (Wildman–Crippen MR) is 155 cm³/mol. The number of ether oxygens (including phenoxy) is 1. The van der Waals surface area contributed by atoms with Gasteiger partial charge in [0.1, 0.15) is 11.6 Å². The summed E-state index contributed by atoms with van der Waals surface area (Å²) in [5, 5.41) is 21.6. The molecule has 0 bridgehead atoms. The van der Waals surface area contributed by atoms with Gasteiger partial charge in [0.25, 0.3) is 5.91 Å². The van der Waals surface area contributed by atoms with Crippen LogP contribution in [0.2, 0.25) is 0 Å². The second-order valence-electron chi connectivity index (χ2n) is 9.39. The molecular formula is C32H28N4O4. The molecule has 0 fully saturated rings. The molecule has 8 heteroatoms. The molecule has 5 N–H and O–H groups in total. The lowest BCUT2D eigenvalue weighted by Gasteiger charge is -2.16. The normalized spacial score (nSPS) is 10.8. The largest absolute Gasteiger partial charge is 0.497 e. The minimum absolute atomic E-state index is 0.00114. The summed E-state index contributed by atoms with van der Waals surface area (Å²) in [6.07, 6.45) is 1.94. The molecule has 0 spiro atoms. The summed E-state index contributed by atoms with van der Waals surface area (Å²) < 4.78 is 7.31. The molecule has 0 atom stereocenters. The number of nitrogen functional groups attached to an aromatic ring is 1. The van der Waals surface area contributed by atoms with E-state index in [-0.39, 0.29) is 17.3 Å². The summed E-state index contributed by atoms with van der Waals surface area (Å²) in [4.78, 5) is 25.4. The summed E-state index contributed by atoms with van der Waals surface area (Å²) in [5.74, 6) is -0.928. The number of methoxy groups -OCH3 is 1. The van der Waals surface area contributed by atoms with Crippen LogP contribution in [0.5, 0.6) is 5.75 Å². The van der Waals surface area contributed by atoms with Crippen molar-refractivity contribution >= 4 is 28.6 Å². The average Bonchev–Trinajstić information content (AvgIpc) is 3.38. The van der Waals surface area contributed by atoms with Gasteiger partial charge in [-0.05, 0) is 76.9 Å². The van der Waals surface area contributed by atoms with Crippen LogP contribution in [-0.2, 0) is 13.1 Å². The zero-order valence-corrected chi connectivity index (χ0v) is 21.8. The molecule has 5 rings (SSSR count). The maximum Gasteiger partial charge on any atom is 0.336 e. The Kier molecular flexibility index (Phi) is 7.33. The average molecular weight is 533 g/mol. The van der Waals surface area contributed by atoms with Crippen LogP contribution in [0.1, 0.15) is 37.4 Å². The van der Waals surface area contributed by atoms with Crippen molar-refractivity contribution in [1.82, 2.24) is 9.88 Å². The van der Waals surface area contributed by atoms with Crippen LogP contribution in [0, 0.1) is 5.41 Å². The predicted octanol–water partition coefficient (Wildman–Crippen LogP) is 5.28. The van der Waals surface area contributed by atoms with Gasteiger partial charge in [-0.3, -0.25) is 10.2 Å². The Morgan fingerprint density at radius 1 is 0.925 bits per heavy atom. The highest BCUT2D eigenvalue weighted by Gasteiger charge is 2.19.